The second-order valence-corrected chi connectivity index (χ2v) is 3.74. The summed E-state index contributed by atoms with van der Waals surface area (Å²) in [6.07, 6.45) is 4.86. The van der Waals surface area contributed by atoms with Gasteiger partial charge in [0.15, 0.2) is 0 Å². The number of rotatable bonds is 2. The van der Waals surface area contributed by atoms with Crippen LogP contribution in [0.2, 0.25) is 0 Å². The standard InChI is InChI=1S/C7H15NS/c1-3-6-4-7(9-2)5-8-6/h6-8H,3-5H2,1-2H3. The van der Waals surface area contributed by atoms with E-state index in [0.717, 1.165) is 11.3 Å². The zero-order valence-electron chi connectivity index (χ0n) is 6.18. The molecule has 1 saturated heterocycles. The van der Waals surface area contributed by atoms with E-state index in [1.54, 1.807) is 0 Å². The van der Waals surface area contributed by atoms with Crippen molar-refractivity contribution in [3.8, 4) is 0 Å². The van der Waals surface area contributed by atoms with E-state index >= 15 is 0 Å². The Morgan fingerprint density at radius 1 is 1.67 bits per heavy atom. The Kier molecular flexibility index (Phi) is 2.86. The van der Waals surface area contributed by atoms with Crippen LogP contribution in [0.4, 0.5) is 0 Å². The molecule has 1 aliphatic rings. The molecule has 1 fully saturated rings. The number of thioether (sulfide) groups is 1. The molecule has 0 amide bonds. The summed E-state index contributed by atoms with van der Waals surface area (Å²) in [6.45, 7) is 3.47. The fourth-order valence-electron chi connectivity index (χ4n) is 1.27. The Balaban J connectivity index is 2.20. The van der Waals surface area contributed by atoms with Crippen molar-refractivity contribution in [1.29, 1.82) is 0 Å². The molecule has 1 nitrogen and oxygen atoms in total. The van der Waals surface area contributed by atoms with Crippen LogP contribution < -0.4 is 5.32 Å². The van der Waals surface area contributed by atoms with Crippen molar-refractivity contribution in [2.24, 2.45) is 0 Å². The summed E-state index contributed by atoms with van der Waals surface area (Å²) in [4.78, 5) is 0. The largest absolute Gasteiger partial charge is 0.313 e. The van der Waals surface area contributed by atoms with Gasteiger partial charge in [-0.25, -0.2) is 0 Å². The van der Waals surface area contributed by atoms with Crippen LogP contribution in [-0.2, 0) is 0 Å². The van der Waals surface area contributed by atoms with Crippen LogP contribution in [0.25, 0.3) is 0 Å². The van der Waals surface area contributed by atoms with Crippen LogP contribution in [0.15, 0.2) is 0 Å². The number of nitrogens with one attached hydrogen (secondary N) is 1. The van der Waals surface area contributed by atoms with E-state index in [0.29, 0.717) is 0 Å². The molecule has 2 heteroatoms. The van der Waals surface area contributed by atoms with Gasteiger partial charge in [-0.15, -0.1) is 0 Å². The van der Waals surface area contributed by atoms with Gasteiger partial charge in [-0.1, -0.05) is 6.92 Å². The van der Waals surface area contributed by atoms with Crippen LogP contribution in [0.3, 0.4) is 0 Å². The van der Waals surface area contributed by atoms with E-state index in [2.05, 4.69) is 18.5 Å². The number of hydrogen-bond acceptors (Lipinski definition) is 2. The lowest BCUT2D eigenvalue weighted by atomic mass is 10.2. The molecule has 0 aromatic carbocycles. The van der Waals surface area contributed by atoms with Gasteiger partial charge in [0.1, 0.15) is 0 Å². The lowest BCUT2D eigenvalue weighted by Gasteiger charge is -2.04. The fourth-order valence-corrected chi connectivity index (χ4v) is 1.96. The Hall–Kier alpha value is 0.310. The Morgan fingerprint density at radius 2 is 2.44 bits per heavy atom. The molecule has 0 aromatic rings. The highest BCUT2D eigenvalue weighted by Crippen LogP contribution is 2.19. The molecule has 54 valence electrons. The summed E-state index contributed by atoms with van der Waals surface area (Å²) in [5, 5.41) is 4.37. The van der Waals surface area contributed by atoms with Gasteiger partial charge in [0.2, 0.25) is 0 Å². The Bertz CT molecular complexity index is 75.0. The molecule has 0 aromatic heterocycles. The minimum atomic E-state index is 0.808. The van der Waals surface area contributed by atoms with Crippen molar-refractivity contribution in [3.05, 3.63) is 0 Å². The average Bonchev–Trinajstić information content (AvgIpc) is 2.34. The maximum Gasteiger partial charge on any atom is 0.0184 e. The first-order valence-corrected chi connectivity index (χ1v) is 4.91. The Labute approximate surface area is 61.6 Å². The first kappa shape index (κ1) is 7.42. The van der Waals surface area contributed by atoms with Crippen molar-refractivity contribution in [1.82, 2.24) is 5.32 Å². The lowest BCUT2D eigenvalue weighted by Crippen LogP contribution is -2.19. The molecule has 1 rings (SSSR count). The van der Waals surface area contributed by atoms with Crippen molar-refractivity contribution < 1.29 is 0 Å². The topological polar surface area (TPSA) is 12.0 Å². The Morgan fingerprint density at radius 3 is 2.78 bits per heavy atom. The van der Waals surface area contributed by atoms with Gasteiger partial charge in [-0.3, -0.25) is 0 Å². The average molecular weight is 145 g/mol. The van der Waals surface area contributed by atoms with E-state index < -0.39 is 0 Å². The molecule has 1 aliphatic heterocycles. The minimum absolute atomic E-state index is 0.808. The third-order valence-corrected chi connectivity index (χ3v) is 3.03. The third kappa shape index (κ3) is 1.87. The summed E-state index contributed by atoms with van der Waals surface area (Å²) in [5.41, 5.74) is 0. The lowest BCUT2D eigenvalue weighted by molar-refractivity contribution is 0.588. The van der Waals surface area contributed by atoms with Crippen LogP contribution in [-0.4, -0.2) is 24.1 Å². The van der Waals surface area contributed by atoms with Crippen LogP contribution in [0, 0.1) is 0 Å². The molecule has 1 N–H and O–H groups in total. The second kappa shape index (κ2) is 3.47. The molecule has 9 heavy (non-hydrogen) atoms. The van der Waals surface area contributed by atoms with Gasteiger partial charge < -0.3 is 5.32 Å². The molecule has 2 atom stereocenters. The minimum Gasteiger partial charge on any atom is -0.313 e. The van der Waals surface area contributed by atoms with Crippen molar-refractivity contribution in [2.45, 2.75) is 31.1 Å². The number of hydrogen-bond donors (Lipinski definition) is 1. The van der Waals surface area contributed by atoms with Crippen LogP contribution >= 0.6 is 11.8 Å². The first-order chi connectivity index (χ1) is 4.36. The quantitative estimate of drug-likeness (QED) is 0.632. The summed E-state index contributed by atoms with van der Waals surface area (Å²) in [5.74, 6) is 0. The van der Waals surface area contributed by atoms with Gasteiger partial charge in [-0.05, 0) is 19.1 Å². The molecule has 1 heterocycles. The van der Waals surface area contributed by atoms with E-state index in [1.165, 1.54) is 19.4 Å². The van der Waals surface area contributed by atoms with Gasteiger partial charge >= 0.3 is 0 Å². The maximum absolute atomic E-state index is 3.49. The van der Waals surface area contributed by atoms with Gasteiger partial charge in [0.05, 0.1) is 0 Å². The van der Waals surface area contributed by atoms with Crippen molar-refractivity contribution >= 4 is 11.8 Å². The highest BCUT2D eigenvalue weighted by atomic mass is 32.2. The maximum atomic E-state index is 3.49. The zero-order valence-corrected chi connectivity index (χ0v) is 7.00. The molecule has 0 saturated carbocycles. The van der Waals surface area contributed by atoms with Crippen molar-refractivity contribution in [3.63, 3.8) is 0 Å². The molecule has 0 spiro atoms. The van der Waals surface area contributed by atoms with Crippen LogP contribution in [0.5, 0.6) is 0 Å². The SMILES string of the molecule is CCC1CC(SC)CN1. The normalized spacial score (nSPS) is 35.3. The molecule has 2 unspecified atom stereocenters. The molecule has 0 aliphatic carbocycles. The van der Waals surface area contributed by atoms with Gasteiger partial charge in [0, 0.05) is 17.8 Å². The summed E-state index contributed by atoms with van der Waals surface area (Å²) >= 11 is 1.99. The third-order valence-electron chi connectivity index (χ3n) is 2.01. The van der Waals surface area contributed by atoms with E-state index in [4.69, 9.17) is 0 Å². The molecular formula is C7H15NS. The van der Waals surface area contributed by atoms with E-state index in [-0.39, 0.29) is 0 Å². The summed E-state index contributed by atoms with van der Waals surface area (Å²) in [6, 6.07) is 0.808. The molecular weight excluding hydrogens is 130 g/mol. The monoisotopic (exact) mass is 145 g/mol. The summed E-state index contributed by atoms with van der Waals surface area (Å²) in [7, 11) is 0. The highest BCUT2D eigenvalue weighted by molar-refractivity contribution is 7.99. The van der Waals surface area contributed by atoms with E-state index in [9.17, 15) is 0 Å². The summed E-state index contributed by atoms with van der Waals surface area (Å²) < 4.78 is 0. The van der Waals surface area contributed by atoms with E-state index in [1.807, 2.05) is 11.8 Å². The van der Waals surface area contributed by atoms with Crippen LogP contribution in [0.1, 0.15) is 19.8 Å². The smallest absolute Gasteiger partial charge is 0.0184 e. The van der Waals surface area contributed by atoms with Gasteiger partial charge in [0.25, 0.3) is 0 Å². The zero-order chi connectivity index (χ0) is 6.69. The molecule has 0 bridgehead atoms. The predicted molar refractivity (Wildman–Crippen MR) is 44.0 cm³/mol. The van der Waals surface area contributed by atoms with Gasteiger partial charge in [-0.2, -0.15) is 11.8 Å². The fraction of sp³-hybridized carbons (Fsp3) is 1.00. The second-order valence-electron chi connectivity index (χ2n) is 2.61. The predicted octanol–water partition coefficient (Wildman–Crippen LogP) is 1.49. The van der Waals surface area contributed by atoms with Crippen molar-refractivity contribution in [2.75, 3.05) is 12.8 Å². The molecule has 0 radical (unpaired) electrons. The highest BCUT2D eigenvalue weighted by Gasteiger charge is 2.20. The first-order valence-electron chi connectivity index (χ1n) is 3.63.